The minimum absolute atomic E-state index is 0.0252. The fourth-order valence-corrected chi connectivity index (χ4v) is 6.26. The van der Waals surface area contributed by atoms with Gasteiger partial charge in [-0.05, 0) is 43.7 Å². The van der Waals surface area contributed by atoms with Crippen molar-refractivity contribution < 1.29 is 23.4 Å². The number of sulfone groups is 1. The van der Waals surface area contributed by atoms with Crippen molar-refractivity contribution in [1.29, 1.82) is 0 Å². The summed E-state index contributed by atoms with van der Waals surface area (Å²) in [4.78, 5) is 9.28. The average molecular weight is 591 g/mol. The van der Waals surface area contributed by atoms with E-state index in [-0.39, 0.29) is 4.90 Å². The molecule has 0 fully saturated rings. The molecule has 0 saturated carbocycles. The molecule has 11 nitrogen and oxygen atoms in total. The quantitative estimate of drug-likeness (QED) is 0.211. The molecule has 1 atom stereocenters. The van der Waals surface area contributed by atoms with Crippen molar-refractivity contribution in [1.82, 2.24) is 24.1 Å². The van der Waals surface area contributed by atoms with Gasteiger partial charge in [0.05, 0.1) is 41.7 Å². The molecule has 0 spiro atoms. The van der Waals surface area contributed by atoms with Gasteiger partial charge in [0.25, 0.3) is 0 Å². The van der Waals surface area contributed by atoms with Gasteiger partial charge in [0.2, 0.25) is 0 Å². The smallest absolute Gasteiger partial charge is 0.181 e. The lowest BCUT2D eigenvalue weighted by atomic mass is 10.1. The number of ether oxygens (including phenoxy) is 1. The summed E-state index contributed by atoms with van der Waals surface area (Å²) in [6.07, 6.45) is 3.31. The summed E-state index contributed by atoms with van der Waals surface area (Å²) in [5.41, 5.74) is 4.60. The highest BCUT2D eigenvalue weighted by atomic mass is 32.2. The maximum atomic E-state index is 13.2. The minimum atomic E-state index is -3.85. The topological polar surface area (TPSA) is 144 Å². The molecule has 2 aromatic carbocycles. The molecular weight excluding hydrogens is 556 g/mol. The number of aromatic nitrogens is 5. The Hall–Kier alpha value is -4.26. The zero-order valence-electron chi connectivity index (χ0n) is 23.9. The van der Waals surface area contributed by atoms with E-state index in [9.17, 15) is 18.6 Å². The SMILES string of the molecule is COc1ccc(-c2c(C)nn3c(NCc4cccc(-c5nccn5C)c4)cc(CC(C)O)nc23)c(S(=O)(=O)CCO)c1. The Morgan fingerprint density at radius 3 is 2.64 bits per heavy atom. The van der Waals surface area contributed by atoms with E-state index >= 15 is 0 Å². The largest absolute Gasteiger partial charge is 0.497 e. The van der Waals surface area contributed by atoms with E-state index in [2.05, 4.69) is 16.4 Å². The number of aliphatic hydroxyl groups excluding tert-OH is 2. The van der Waals surface area contributed by atoms with Crippen LogP contribution in [0.4, 0.5) is 5.82 Å². The fourth-order valence-electron chi connectivity index (χ4n) is 5.00. The van der Waals surface area contributed by atoms with Gasteiger partial charge in [0, 0.05) is 55.3 Å². The molecule has 5 rings (SSSR count). The van der Waals surface area contributed by atoms with Crippen molar-refractivity contribution in [2.75, 3.05) is 24.8 Å². The van der Waals surface area contributed by atoms with Gasteiger partial charge in [0.15, 0.2) is 15.5 Å². The molecule has 0 saturated heterocycles. The summed E-state index contributed by atoms with van der Waals surface area (Å²) in [7, 11) is -0.440. The van der Waals surface area contributed by atoms with Crippen LogP contribution in [0.2, 0.25) is 0 Å². The number of benzene rings is 2. The zero-order valence-corrected chi connectivity index (χ0v) is 24.8. The van der Waals surface area contributed by atoms with Gasteiger partial charge in [-0.15, -0.1) is 0 Å². The Morgan fingerprint density at radius 1 is 1.14 bits per heavy atom. The van der Waals surface area contributed by atoms with E-state index in [1.165, 1.54) is 13.2 Å². The summed E-state index contributed by atoms with van der Waals surface area (Å²) < 4.78 is 35.4. The molecule has 0 amide bonds. The third-order valence-electron chi connectivity index (χ3n) is 6.95. The van der Waals surface area contributed by atoms with Gasteiger partial charge >= 0.3 is 0 Å². The zero-order chi connectivity index (χ0) is 30.0. The molecule has 12 heteroatoms. The molecule has 0 aliphatic carbocycles. The van der Waals surface area contributed by atoms with Crippen LogP contribution in [0.1, 0.15) is 23.9 Å². The molecule has 0 radical (unpaired) electrons. The highest BCUT2D eigenvalue weighted by Gasteiger charge is 2.25. The molecule has 42 heavy (non-hydrogen) atoms. The second kappa shape index (κ2) is 11.9. The van der Waals surface area contributed by atoms with Crippen LogP contribution >= 0.6 is 0 Å². The van der Waals surface area contributed by atoms with E-state index in [0.717, 1.165) is 17.0 Å². The molecule has 0 aliphatic heterocycles. The summed E-state index contributed by atoms with van der Waals surface area (Å²) in [6, 6.07) is 14.7. The Bertz CT molecular complexity index is 1840. The third kappa shape index (κ3) is 5.87. The van der Waals surface area contributed by atoms with Gasteiger partial charge in [-0.25, -0.2) is 18.4 Å². The van der Waals surface area contributed by atoms with Gasteiger partial charge in [-0.2, -0.15) is 9.61 Å². The summed E-state index contributed by atoms with van der Waals surface area (Å²) in [6.45, 7) is 3.44. The number of aliphatic hydroxyl groups is 2. The number of nitrogens with one attached hydrogen (secondary N) is 1. The van der Waals surface area contributed by atoms with Crippen LogP contribution in [0, 0.1) is 6.92 Å². The Balaban J connectivity index is 1.61. The predicted octanol–water partition coefficient (Wildman–Crippen LogP) is 3.42. The fraction of sp³-hybridized carbons (Fsp3) is 0.300. The molecule has 5 aromatic rings. The number of fused-ring (bicyclic) bond motifs is 1. The first-order valence-corrected chi connectivity index (χ1v) is 15.2. The van der Waals surface area contributed by atoms with Crippen molar-refractivity contribution in [3.05, 3.63) is 77.9 Å². The number of aryl methyl sites for hydroxylation is 2. The highest BCUT2D eigenvalue weighted by Crippen LogP contribution is 2.36. The Kier molecular flexibility index (Phi) is 8.30. The standard InChI is InChI=1S/C30H34N6O5S/c1-19(38)14-23-16-27(32-18-21-6-5-7-22(15-21)29-31-10-11-35(29)3)36-30(33-23)28(20(2)34-36)25-9-8-24(41-4)17-26(25)42(39,40)13-12-37/h5-11,15-17,19,32,37-38H,12-14,18H2,1-4H3. The molecule has 0 aliphatic rings. The molecule has 0 bridgehead atoms. The van der Waals surface area contributed by atoms with Crippen molar-refractivity contribution >= 4 is 21.3 Å². The lowest BCUT2D eigenvalue weighted by Crippen LogP contribution is -2.12. The number of imidazole rings is 1. The first-order chi connectivity index (χ1) is 20.1. The van der Waals surface area contributed by atoms with E-state index in [0.29, 0.717) is 52.7 Å². The number of nitrogens with zero attached hydrogens (tertiary/aromatic N) is 5. The first-order valence-electron chi connectivity index (χ1n) is 13.5. The highest BCUT2D eigenvalue weighted by molar-refractivity contribution is 7.91. The number of anilines is 1. The van der Waals surface area contributed by atoms with E-state index in [1.807, 2.05) is 42.1 Å². The summed E-state index contributed by atoms with van der Waals surface area (Å²) >= 11 is 0. The van der Waals surface area contributed by atoms with Crippen molar-refractivity contribution in [3.63, 3.8) is 0 Å². The molecule has 1 unspecified atom stereocenters. The first kappa shape index (κ1) is 29.2. The van der Waals surface area contributed by atoms with E-state index < -0.39 is 28.3 Å². The molecular formula is C30H34N6O5S. The number of rotatable bonds is 11. The van der Waals surface area contributed by atoms with Gasteiger partial charge in [-0.1, -0.05) is 18.2 Å². The van der Waals surface area contributed by atoms with Crippen molar-refractivity contribution in [3.8, 4) is 28.3 Å². The van der Waals surface area contributed by atoms with Crippen LogP contribution < -0.4 is 10.1 Å². The molecule has 3 N–H and O–H groups in total. The van der Waals surface area contributed by atoms with Crippen LogP contribution in [0.5, 0.6) is 5.75 Å². The maximum absolute atomic E-state index is 13.2. The second-order valence-corrected chi connectivity index (χ2v) is 12.3. The minimum Gasteiger partial charge on any atom is -0.497 e. The Labute approximate surface area is 244 Å². The summed E-state index contributed by atoms with van der Waals surface area (Å²) in [5.74, 6) is 1.44. The molecule has 3 heterocycles. The average Bonchev–Trinajstić information content (AvgIpc) is 3.53. The second-order valence-electron chi connectivity index (χ2n) is 10.2. The number of hydrogen-bond donors (Lipinski definition) is 3. The monoisotopic (exact) mass is 590 g/mol. The normalized spacial score (nSPS) is 12.5. The van der Waals surface area contributed by atoms with Gasteiger partial charge in [0.1, 0.15) is 17.4 Å². The Morgan fingerprint density at radius 2 is 1.95 bits per heavy atom. The van der Waals surface area contributed by atoms with Gasteiger partial charge in [-0.3, -0.25) is 0 Å². The van der Waals surface area contributed by atoms with Crippen LogP contribution in [-0.4, -0.2) is 68.4 Å². The van der Waals surface area contributed by atoms with Crippen LogP contribution in [0.15, 0.2) is 65.8 Å². The maximum Gasteiger partial charge on any atom is 0.181 e. The molecule has 3 aromatic heterocycles. The number of hydrogen-bond acceptors (Lipinski definition) is 9. The number of methoxy groups -OCH3 is 1. The van der Waals surface area contributed by atoms with Crippen LogP contribution in [0.25, 0.3) is 28.2 Å². The van der Waals surface area contributed by atoms with E-state index in [4.69, 9.17) is 14.8 Å². The van der Waals surface area contributed by atoms with Crippen molar-refractivity contribution in [2.24, 2.45) is 7.05 Å². The third-order valence-corrected chi connectivity index (χ3v) is 8.68. The van der Waals surface area contributed by atoms with Crippen molar-refractivity contribution in [2.45, 2.75) is 37.8 Å². The molecule has 220 valence electrons. The van der Waals surface area contributed by atoms with E-state index in [1.54, 1.807) is 36.7 Å². The lowest BCUT2D eigenvalue weighted by molar-refractivity contribution is 0.194. The van der Waals surface area contributed by atoms with Crippen LogP contribution in [0.3, 0.4) is 0 Å². The van der Waals surface area contributed by atoms with Crippen LogP contribution in [-0.2, 0) is 29.9 Å². The summed E-state index contributed by atoms with van der Waals surface area (Å²) in [5, 5.41) is 27.8. The predicted molar refractivity (Wildman–Crippen MR) is 160 cm³/mol. The van der Waals surface area contributed by atoms with Gasteiger partial charge < -0.3 is 24.8 Å². The lowest BCUT2D eigenvalue weighted by Gasteiger charge is -2.14.